The van der Waals surface area contributed by atoms with Gasteiger partial charge in [0.25, 0.3) is 5.91 Å². The largest absolute Gasteiger partial charge is 0.497 e. The van der Waals surface area contributed by atoms with E-state index in [1.807, 2.05) is 30.3 Å². The molecule has 8 heteroatoms. The topological polar surface area (TPSA) is 72.8 Å². The second-order valence-electron chi connectivity index (χ2n) is 5.14. The number of ether oxygens (including phenoxy) is 2. The normalized spacial score (nSPS) is 11.0. The van der Waals surface area contributed by atoms with E-state index in [9.17, 15) is 4.79 Å². The first kappa shape index (κ1) is 18.2. The fraction of sp³-hybridized carbons (Fsp3) is 0.167. The number of thioether (sulfide) groups is 1. The van der Waals surface area contributed by atoms with Crippen LogP contribution in [0, 0.1) is 0 Å². The molecule has 0 unspecified atom stereocenters. The van der Waals surface area contributed by atoms with Crippen LogP contribution in [-0.2, 0) is 4.79 Å². The number of hydrogen-bond acceptors (Lipinski definition) is 7. The summed E-state index contributed by atoms with van der Waals surface area (Å²) in [5.74, 6) is 1.36. The molecule has 134 valence electrons. The Labute approximate surface area is 159 Å². The molecule has 3 aromatic rings. The highest BCUT2D eigenvalue weighted by molar-refractivity contribution is 8.01. The van der Waals surface area contributed by atoms with Gasteiger partial charge in [0.1, 0.15) is 11.5 Å². The van der Waals surface area contributed by atoms with Gasteiger partial charge in [0.2, 0.25) is 0 Å². The van der Waals surface area contributed by atoms with Crippen LogP contribution in [0.4, 0.5) is 0 Å². The highest BCUT2D eigenvalue weighted by Gasteiger charge is 2.07. The maximum atomic E-state index is 12.0. The first-order valence-corrected chi connectivity index (χ1v) is 9.52. The van der Waals surface area contributed by atoms with Gasteiger partial charge >= 0.3 is 0 Å². The summed E-state index contributed by atoms with van der Waals surface area (Å²) in [5.41, 5.74) is 4.21. The van der Waals surface area contributed by atoms with Gasteiger partial charge in [-0.05, 0) is 24.3 Å². The number of para-hydroxylation sites is 1. The van der Waals surface area contributed by atoms with Gasteiger partial charge in [-0.2, -0.15) is 5.10 Å². The number of hydrogen-bond donors (Lipinski definition) is 1. The summed E-state index contributed by atoms with van der Waals surface area (Å²) in [6, 6.07) is 13.3. The average Bonchev–Trinajstić information content (AvgIpc) is 3.09. The van der Waals surface area contributed by atoms with Crippen molar-refractivity contribution in [1.29, 1.82) is 0 Å². The van der Waals surface area contributed by atoms with E-state index in [2.05, 4.69) is 15.5 Å². The molecule has 1 N–H and O–H groups in total. The van der Waals surface area contributed by atoms with Crippen LogP contribution in [0.1, 0.15) is 5.56 Å². The average molecular weight is 387 g/mol. The minimum absolute atomic E-state index is 0.196. The fourth-order valence-corrected chi connectivity index (χ4v) is 4.03. The number of rotatable bonds is 7. The molecule has 0 aliphatic rings. The molecule has 1 heterocycles. The number of carbonyl (C=O) groups is 1. The Kier molecular flexibility index (Phi) is 6.08. The Morgan fingerprint density at radius 2 is 2.12 bits per heavy atom. The Hall–Kier alpha value is -2.58. The Morgan fingerprint density at radius 3 is 2.88 bits per heavy atom. The molecule has 3 rings (SSSR count). The summed E-state index contributed by atoms with van der Waals surface area (Å²) in [6.45, 7) is 0. The first-order chi connectivity index (χ1) is 12.7. The van der Waals surface area contributed by atoms with Crippen LogP contribution in [0.3, 0.4) is 0 Å². The molecule has 1 amide bonds. The molecular weight excluding hydrogens is 370 g/mol. The summed E-state index contributed by atoms with van der Waals surface area (Å²) in [7, 11) is 3.16. The van der Waals surface area contributed by atoms with Crippen molar-refractivity contribution in [1.82, 2.24) is 10.4 Å². The third kappa shape index (κ3) is 4.53. The minimum atomic E-state index is -0.196. The zero-order valence-electron chi connectivity index (χ0n) is 14.3. The first-order valence-electron chi connectivity index (χ1n) is 7.72. The van der Waals surface area contributed by atoms with Crippen LogP contribution in [0.15, 0.2) is 51.9 Å². The number of methoxy groups -OCH3 is 2. The van der Waals surface area contributed by atoms with Crippen LogP contribution in [0.25, 0.3) is 10.2 Å². The molecule has 0 atom stereocenters. The van der Waals surface area contributed by atoms with Crippen molar-refractivity contribution in [2.24, 2.45) is 5.10 Å². The number of carbonyl (C=O) groups excluding carboxylic acids is 1. The molecule has 0 fully saturated rings. The van der Waals surface area contributed by atoms with Gasteiger partial charge < -0.3 is 9.47 Å². The van der Waals surface area contributed by atoms with Crippen LogP contribution in [-0.4, -0.2) is 37.1 Å². The molecule has 0 spiro atoms. The number of benzene rings is 2. The SMILES string of the molecule is COc1ccc(/C=N/NC(=O)CSc2nc3ccccc3s2)c(OC)c1. The predicted octanol–water partition coefficient (Wildman–Crippen LogP) is 3.56. The van der Waals surface area contributed by atoms with Gasteiger partial charge in [0, 0.05) is 11.6 Å². The predicted molar refractivity (Wildman–Crippen MR) is 106 cm³/mol. The van der Waals surface area contributed by atoms with E-state index in [0.717, 1.165) is 20.1 Å². The number of hydrazone groups is 1. The van der Waals surface area contributed by atoms with E-state index in [4.69, 9.17) is 9.47 Å². The quantitative estimate of drug-likeness (QED) is 0.381. The molecule has 0 saturated carbocycles. The lowest BCUT2D eigenvalue weighted by molar-refractivity contribution is -0.118. The zero-order valence-corrected chi connectivity index (χ0v) is 15.9. The van der Waals surface area contributed by atoms with E-state index in [0.29, 0.717) is 11.5 Å². The van der Waals surface area contributed by atoms with Crippen molar-refractivity contribution < 1.29 is 14.3 Å². The molecule has 2 aromatic carbocycles. The van der Waals surface area contributed by atoms with Crippen molar-refractivity contribution in [2.75, 3.05) is 20.0 Å². The van der Waals surface area contributed by atoms with Crippen molar-refractivity contribution in [3.63, 3.8) is 0 Å². The van der Waals surface area contributed by atoms with Gasteiger partial charge in [-0.15, -0.1) is 11.3 Å². The molecular formula is C18H17N3O3S2. The van der Waals surface area contributed by atoms with Crippen molar-refractivity contribution in [2.45, 2.75) is 4.34 Å². The highest BCUT2D eigenvalue weighted by atomic mass is 32.2. The number of thiazole rings is 1. The standard InChI is InChI=1S/C18H17N3O3S2/c1-23-13-8-7-12(15(9-13)24-2)10-19-21-17(22)11-25-18-20-14-5-3-4-6-16(14)26-18/h3-10H,11H2,1-2H3,(H,21,22)/b19-10+. The Balaban J connectivity index is 1.54. The fourth-order valence-electron chi connectivity index (χ4n) is 2.17. The number of amides is 1. The van der Waals surface area contributed by atoms with Gasteiger partial charge in [0.15, 0.2) is 4.34 Å². The Morgan fingerprint density at radius 1 is 1.27 bits per heavy atom. The van der Waals surface area contributed by atoms with E-state index < -0.39 is 0 Å². The van der Waals surface area contributed by atoms with E-state index in [1.165, 1.54) is 11.8 Å². The minimum Gasteiger partial charge on any atom is -0.497 e. The van der Waals surface area contributed by atoms with Crippen molar-refractivity contribution in [3.05, 3.63) is 48.0 Å². The molecule has 0 aliphatic heterocycles. The third-order valence-corrected chi connectivity index (χ3v) is 5.61. The van der Waals surface area contributed by atoms with Crippen LogP contribution >= 0.6 is 23.1 Å². The number of aromatic nitrogens is 1. The molecule has 6 nitrogen and oxygen atoms in total. The van der Waals surface area contributed by atoms with Crippen LogP contribution in [0.5, 0.6) is 11.5 Å². The second kappa shape index (κ2) is 8.68. The monoisotopic (exact) mass is 387 g/mol. The molecule has 0 bridgehead atoms. The highest BCUT2D eigenvalue weighted by Crippen LogP contribution is 2.29. The number of nitrogens with zero attached hydrogens (tertiary/aromatic N) is 2. The van der Waals surface area contributed by atoms with Gasteiger partial charge in [-0.1, -0.05) is 23.9 Å². The van der Waals surface area contributed by atoms with Crippen molar-refractivity contribution >= 4 is 45.4 Å². The van der Waals surface area contributed by atoms with Gasteiger partial charge in [0.05, 0.1) is 36.4 Å². The van der Waals surface area contributed by atoms with E-state index in [1.54, 1.807) is 43.9 Å². The molecule has 0 radical (unpaired) electrons. The number of fused-ring (bicyclic) bond motifs is 1. The molecule has 0 saturated heterocycles. The maximum absolute atomic E-state index is 12.0. The molecule has 26 heavy (non-hydrogen) atoms. The second-order valence-corrected chi connectivity index (χ2v) is 7.39. The van der Waals surface area contributed by atoms with Gasteiger partial charge in [-0.3, -0.25) is 4.79 Å². The maximum Gasteiger partial charge on any atom is 0.250 e. The summed E-state index contributed by atoms with van der Waals surface area (Å²) < 4.78 is 12.4. The molecule has 1 aromatic heterocycles. The van der Waals surface area contributed by atoms with Crippen LogP contribution in [0.2, 0.25) is 0 Å². The zero-order chi connectivity index (χ0) is 18.4. The smallest absolute Gasteiger partial charge is 0.250 e. The Bertz CT molecular complexity index is 907. The lowest BCUT2D eigenvalue weighted by Gasteiger charge is -2.06. The summed E-state index contributed by atoms with van der Waals surface area (Å²) >= 11 is 2.97. The number of nitrogens with one attached hydrogen (secondary N) is 1. The summed E-state index contributed by atoms with van der Waals surface area (Å²) in [6.07, 6.45) is 1.54. The molecule has 0 aliphatic carbocycles. The van der Waals surface area contributed by atoms with Crippen LogP contribution < -0.4 is 14.9 Å². The lowest BCUT2D eigenvalue weighted by Crippen LogP contribution is -2.19. The summed E-state index contributed by atoms with van der Waals surface area (Å²) in [5, 5.41) is 3.98. The summed E-state index contributed by atoms with van der Waals surface area (Å²) in [4.78, 5) is 16.4. The van der Waals surface area contributed by atoms with E-state index >= 15 is 0 Å². The van der Waals surface area contributed by atoms with E-state index in [-0.39, 0.29) is 11.7 Å². The third-order valence-electron chi connectivity index (χ3n) is 3.43. The van der Waals surface area contributed by atoms with Gasteiger partial charge in [-0.25, -0.2) is 10.4 Å². The lowest BCUT2D eigenvalue weighted by atomic mass is 10.2. The van der Waals surface area contributed by atoms with Crippen molar-refractivity contribution in [3.8, 4) is 11.5 Å².